The lowest BCUT2D eigenvalue weighted by atomic mass is 9.99. The first-order valence-electron chi connectivity index (χ1n) is 8.05. The van der Waals surface area contributed by atoms with E-state index in [0.717, 1.165) is 36.4 Å². The van der Waals surface area contributed by atoms with Gasteiger partial charge in [0.1, 0.15) is 11.0 Å². The summed E-state index contributed by atoms with van der Waals surface area (Å²) in [4.78, 5) is 0. The number of hydrogen-bond donors (Lipinski definition) is 0. The summed E-state index contributed by atoms with van der Waals surface area (Å²) in [5.41, 5.74) is -2.32. The van der Waals surface area contributed by atoms with Crippen LogP contribution in [0.3, 0.4) is 0 Å². The standard InChI is InChI=1S/C19H17F6NOS/c1-17(2,3)28(27)26-16(12-6-4-8-14(10-12)18(20,21)22)13-7-5-9-15(11-13)19(23,24)25/h4-11H,1-3H3/t28-/m0/s1. The van der Waals surface area contributed by atoms with Crippen molar-refractivity contribution in [2.24, 2.45) is 4.40 Å². The fraction of sp³-hybridized carbons (Fsp3) is 0.316. The van der Waals surface area contributed by atoms with Crippen molar-refractivity contribution in [2.75, 3.05) is 0 Å². The third kappa shape index (κ3) is 5.43. The normalized spacial score (nSPS) is 13.9. The Balaban J connectivity index is 2.70. The molecule has 0 aromatic heterocycles. The quantitative estimate of drug-likeness (QED) is 0.440. The van der Waals surface area contributed by atoms with E-state index in [2.05, 4.69) is 4.40 Å². The molecule has 0 N–H and O–H groups in total. The van der Waals surface area contributed by atoms with Crippen LogP contribution in [0.5, 0.6) is 0 Å². The highest BCUT2D eigenvalue weighted by molar-refractivity contribution is 7.85. The summed E-state index contributed by atoms with van der Waals surface area (Å²) in [6.07, 6.45) is -9.28. The number of halogens is 6. The van der Waals surface area contributed by atoms with Crippen LogP contribution in [0.2, 0.25) is 0 Å². The van der Waals surface area contributed by atoms with E-state index >= 15 is 0 Å². The van der Waals surface area contributed by atoms with Gasteiger partial charge in [0.05, 0.1) is 21.6 Å². The fourth-order valence-corrected chi connectivity index (χ4v) is 2.83. The molecule has 0 heterocycles. The third-order valence-corrected chi connectivity index (χ3v) is 5.02. The molecule has 28 heavy (non-hydrogen) atoms. The van der Waals surface area contributed by atoms with E-state index in [1.165, 1.54) is 12.1 Å². The van der Waals surface area contributed by atoms with Crippen molar-refractivity contribution in [3.8, 4) is 0 Å². The van der Waals surface area contributed by atoms with Crippen molar-refractivity contribution in [2.45, 2.75) is 37.9 Å². The van der Waals surface area contributed by atoms with Crippen molar-refractivity contribution < 1.29 is 30.6 Å². The van der Waals surface area contributed by atoms with Gasteiger partial charge in [0.2, 0.25) is 0 Å². The molecule has 152 valence electrons. The summed E-state index contributed by atoms with van der Waals surface area (Å²) in [7, 11) is -1.90. The molecule has 2 rings (SSSR count). The summed E-state index contributed by atoms with van der Waals surface area (Å²) in [6.45, 7) is 4.80. The Bertz CT molecular complexity index is 850. The van der Waals surface area contributed by atoms with E-state index in [1.54, 1.807) is 20.8 Å². The molecule has 0 bridgehead atoms. The largest absolute Gasteiger partial charge is 0.416 e. The number of benzene rings is 2. The van der Waals surface area contributed by atoms with Crippen LogP contribution in [0.4, 0.5) is 26.3 Å². The molecule has 1 atom stereocenters. The first-order valence-corrected chi connectivity index (χ1v) is 9.16. The highest BCUT2D eigenvalue weighted by Crippen LogP contribution is 2.32. The lowest BCUT2D eigenvalue weighted by Gasteiger charge is -2.17. The van der Waals surface area contributed by atoms with E-state index in [0.29, 0.717) is 0 Å². The molecular formula is C19H17F6NOS. The summed E-state index contributed by atoms with van der Waals surface area (Å²) in [5, 5.41) is 0. The summed E-state index contributed by atoms with van der Waals surface area (Å²) < 4.78 is 93.9. The van der Waals surface area contributed by atoms with Gasteiger partial charge in [-0.05, 0) is 45.0 Å². The van der Waals surface area contributed by atoms with E-state index in [4.69, 9.17) is 0 Å². The first kappa shape index (κ1) is 22.1. The van der Waals surface area contributed by atoms with E-state index < -0.39 is 39.2 Å². The average Bonchev–Trinajstić information content (AvgIpc) is 2.57. The van der Waals surface area contributed by atoms with Gasteiger partial charge in [-0.2, -0.15) is 30.7 Å². The van der Waals surface area contributed by atoms with Crippen LogP contribution < -0.4 is 0 Å². The Hall–Kier alpha value is -2.16. The predicted molar refractivity (Wildman–Crippen MR) is 96.4 cm³/mol. The second kappa shape index (κ2) is 7.69. The number of hydrogen-bond acceptors (Lipinski definition) is 1. The highest BCUT2D eigenvalue weighted by atomic mass is 32.2. The van der Waals surface area contributed by atoms with Crippen LogP contribution in [0.15, 0.2) is 52.9 Å². The van der Waals surface area contributed by atoms with Crippen molar-refractivity contribution in [3.63, 3.8) is 0 Å². The molecular weight excluding hydrogens is 404 g/mol. The highest BCUT2D eigenvalue weighted by Gasteiger charge is 2.32. The van der Waals surface area contributed by atoms with Gasteiger partial charge in [0.15, 0.2) is 0 Å². The minimum atomic E-state index is -4.64. The number of rotatable bonds is 3. The van der Waals surface area contributed by atoms with Gasteiger partial charge >= 0.3 is 12.4 Å². The Kier molecular flexibility index (Phi) is 6.08. The van der Waals surface area contributed by atoms with Crippen molar-refractivity contribution >= 4 is 16.7 Å². The maximum Gasteiger partial charge on any atom is 0.416 e. The molecule has 0 radical (unpaired) electrons. The van der Waals surface area contributed by atoms with Gasteiger partial charge < -0.3 is 0 Å². The minimum Gasteiger partial charge on any atom is -0.234 e. The van der Waals surface area contributed by atoms with Crippen LogP contribution in [-0.2, 0) is 23.3 Å². The molecule has 0 aliphatic rings. The van der Waals surface area contributed by atoms with Gasteiger partial charge in [-0.3, -0.25) is 0 Å². The summed E-state index contributed by atoms with van der Waals surface area (Å²) >= 11 is 0. The zero-order valence-electron chi connectivity index (χ0n) is 15.2. The van der Waals surface area contributed by atoms with Gasteiger partial charge in [0, 0.05) is 11.1 Å². The van der Waals surface area contributed by atoms with Crippen LogP contribution in [0.1, 0.15) is 43.0 Å². The van der Waals surface area contributed by atoms with Crippen LogP contribution in [-0.4, -0.2) is 14.7 Å². The summed E-state index contributed by atoms with van der Waals surface area (Å²) in [6, 6.07) is 8.06. The maximum absolute atomic E-state index is 13.1. The molecule has 0 saturated heterocycles. The van der Waals surface area contributed by atoms with Crippen molar-refractivity contribution in [1.29, 1.82) is 0 Å². The van der Waals surface area contributed by atoms with Crippen LogP contribution >= 0.6 is 0 Å². The van der Waals surface area contributed by atoms with E-state index in [9.17, 15) is 30.6 Å². The molecule has 2 nitrogen and oxygen atoms in total. The third-order valence-electron chi connectivity index (χ3n) is 3.62. The lowest BCUT2D eigenvalue weighted by Crippen LogP contribution is -2.21. The second-order valence-corrected chi connectivity index (χ2v) is 8.86. The molecule has 9 heteroatoms. The Morgan fingerprint density at radius 1 is 0.786 bits per heavy atom. The lowest BCUT2D eigenvalue weighted by molar-refractivity contribution is -0.138. The van der Waals surface area contributed by atoms with E-state index in [1.807, 2.05) is 0 Å². The zero-order chi connectivity index (χ0) is 21.3. The predicted octanol–water partition coefficient (Wildman–Crippen LogP) is 6.02. The van der Waals surface area contributed by atoms with E-state index in [-0.39, 0.29) is 16.8 Å². The average molecular weight is 421 g/mol. The number of alkyl halides is 6. The minimum absolute atomic E-state index is 0.0771. The molecule has 0 fully saturated rings. The Morgan fingerprint density at radius 3 is 1.50 bits per heavy atom. The van der Waals surface area contributed by atoms with Gasteiger partial charge in [0.25, 0.3) is 0 Å². The molecule has 2 aromatic rings. The van der Waals surface area contributed by atoms with Crippen molar-refractivity contribution in [3.05, 3.63) is 70.8 Å². The monoisotopic (exact) mass is 421 g/mol. The van der Waals surface area contributed by atoms with Gasteiger partial charge in [-0.25, -0.2) is 4.21 Å². The van der Waals surface area contributed by atoms with Gasteiger partial charge in [-0.1, -0.05) is 24.3 Å². The maximum atomic E-state index is 13.1. The number of nitrogens with zero attached hydrogens (tertiary/aromatic N) is 1. The summed E-state index contributed by atoms with van der Waals surface area (Å²) in [5.74, 6) is 0. The topological polar surface area (TPSA) is 29.4 Å². The Morgan fingerprint density at radius 2 is 1.18 bits per heavy atom. The molecule has 0 aliphatic carbocycles. The SMILES string of the molecule is CC(C)(C)[S@](=O)N=C(c1cccc(C(F)(F)F)c1)c1cccc(C(F)(F)F)c1. The molecule has 0 unspecified atom stereocenters. The molecule has 0 saturated carbocycles. The van der Waals surface area contributed by atoms with Gasteiger partial charge in [-0.15, -0.1) is 0 Å². The first-order chi connectivity index (χ1) is 12.7. The van der Waals surface area contributed by atoms with Crippen molar-refractivity contribution in [1.82, 2.24) is 0 Å². The Labute approximate surface area is 160 Å². The molecule has 0 spiro atoms. The molecule has 2 aromatic carbocycles. The smallest absolute Gasteiger partial charge is 0.234 e. The van der Waals surface area contributed by atoms with Crippen LogP contribution in [0, 0.1) is 0 Å². The fourth-order valence-electron chi connectivity index (χ4n) is 2.18. The molecule has 0 amide bonds. The molecule has 0 aliphatic heterocycles. The zero-order valence-corrected chi connectivity index (χ0v) is 16.0. The second-order valence-electron chi connectivity index (χ2n) is 6.96. The van der Waals surface area contributed by atoms with Crippen LogP contribution in [0.25, 0.3) is 0 Å².